The first-order chi connectivity index (χ1) is 16.3. The van der Waals surface area contributed by atoms with E-state index in [2.05, 4.69) is 10.5 Å². The summed E-state index contributed by atoms with van der Waals surface area (Å²) < 4.78 is 6.92. The van der Waals surface area contributed by atoms with Gasteiger partial charge in [0.1, 0.15) is 5.75 Å². The maximum absolute atomic E-state index is 12.6. The number of hydrogen-bond donors (Lipinski definition) is 2. The number of nitrogens with zero attached hydrogens (tertiary/aromatic N) is 2. The highest BCUT2D eigenvalue weighted by atomic mass is 16.5. The number of esters is 1. The molecule has 2 N–H and O–H groups in total. The van der Waals surface area contributed by atoms with Crippen LogP contribution in [0.25, 0.3) is 16.5 Å². The Bertz CT molecular complexity index is 1450. The van der Waals surface area contributed by atoms with Crippen molar-refractivity contribution < 1.29 is 19.4 Å². The molecule has 7 heteroatoms. The Morgan fingerprint density at radius 1 is 0.971 bits per heavy atom. The predicted octanol–water partition coefficient (Wildman–Crippen LogP) is 4.81. The number of carbonyl (C=O) groups is 2. The number of aryl methyl sites for hydroxylation is 1. The zero-order chi connectivity index (χ0) is 24.4. The van der Waals surface area contributed by atoms with Crippen LogP contribution in [0.5, 0.6) is 5.75 Å². The zero-order valence-corrected chi connectivity index (χ0v) is 19.4. The number of rotatable bonds is 5. The first-order valence-electron chi connectivity index (χ1n) is 10.7. The maximum atomic E-state index is 12.6. The van der Waals surface area contributed by atoms with E-state index in [9.17, 15) is 14.7 Å². The van der Waals surface area contributed by atoms with E-state index in [1.165, 1.54) is 7.11 Å². The van der Waals surface area contributed by atoms with Gasteiger partial charge in [-0.25, -0.2) is 10.2 Å². The van der Waals surface area contributed by atoms with Crippen molar-refractivity contribution in [2.24, 2.45) is 5.10 Å². The summed E-state index contributed by atoms with van der Waals surface area (Å²) >= 11 is 0. The number of hydrazone groups is 1. The minimum atomic E-state index is -0.505. The van der Waals surface area contributed by atoms with E-state index in [1.807, 2.05) is 67.8 Å². The molecule has 172 valence electrons. The molecule has 0 atom stereocenters. The van der Waals surface area contributed by atoms with Crippen LogP contribution < -0.4 is 5.43 Å². The summed E-state index contributed by atoms with van der Waals surface area (Å²) in [6.07, 6.45) is 1.56. The topological polar surface area (TPSA) is 92.9 Å². The summed E-state index contributed by atoms with van der Waals surface area (Å²) in [7, 11) is 1.36. The van der Waals surface area contributed by atoms with Crippen LogP contribution in [0.1, 0.15) is 43.2 Å². The molecule has 4 aromatic rings. The second kappa shape index (κ2) is 9.23. The molecular formula is C27H25N3O4. The second-order valence-corrected chi connectivity index (χ2v) is 8.02. The second-order valence-electron chi connectivity index (χ2n) is 8.02. The summed E-state index contributed by atoms with van der Waals surface area (Å²) in [6.45, 7) is 5.78. The summed E-state index contributed by atoms with van der Waals surface area (Å²) in [5.74, 6) is -0.997. The van der Waals surface area contributed by atoms with Crippen LogP contribution in [0.15, 0.2) is 65.8 Å². The molecule has 3 aromatic carbocycles. The number of nitrogens with one attached hydrogen (secondary N) is 1. The lowest BCUT2D eigenvalue weighted by Crippen LogP contribution is -2.17. The van der Waals surface area contributed by atoms with E-state index < -0.39 is 5.91 Å². The lowest BCUT2D eigenvalue weighted by molar-refractivity contribution is 0.0599. The van der Waals surface area contributed by atoms with Gasteiger partial charge >= 0.3 is 5.97 Å². The van der Waals surface area contributed by atoms with E-state index >= 15 is 0 Å². The van der Waals surface area contributed by atoms with Gasteiger partial charge in [-0.05, 0) is 67.4 Å². The molecule has 0 saturated heterocycles. The number of fused-ring (bicyclic) bond motifs is 1. The summed E-state index contributed by atoms with van der Waals surface area (Å²) in [5, 5.41) is 16.1. The van der Waals surface area contributed by atoms with Gasteiger partial charge in [-0.15, -0.1) is 0 Å². The number of benzene rings is 3. The Hall–Kier alpha value is -4.39. The third kappa shape index (κ3) is 4.15. The van der Waals surface area contributed by atoms with Gasteiger partial charge < -0.3 is 14.4 Å². The Labute approximate surface area is 197 Å². The van der Waals surface area contributed by atoms with E-state index in [4.69, 9.17) is 4.74 Å². The molecule has 0 radical (unpaired) electrons. The van der Waals surface area contributed by atoms with E-state index in [0.29, 0.717) is 5.56 Å². The first-order valence-corrected chi connectivity index (χ1v) is 10.7. The molecule has 0 fully saturated rings. The monoisotopic (exact) mass is 455 g/mol. The average molecular weight is 456 g/mol. The Kier molecular flexibility index (Phi) is 6.19. The van der Waals surface area contributed by atoms with Gasteiger partial charge in [-0.1, -0.05) is 30.3 Å². The molecule has 0 aliphatic heterocycles. The number of aromatic hydroxyl groups is 1. The van der Waals surface area contributed by atoms with Crippen LogP contribution in [0.2, 0.25) is 0 Å². The predicted molar refractivity (Wildman–Crippen MR) is 132 cm³/mol. The van der Waals surface area contributed by atoms with Crippen molar-refractivity contribution in [1.82, 2.24) is 9.99 Å². The smallest absolute Gasteiger partial charge is 0.338 e. The van der Waals surface area contributed by atoms with E-state index in [-0.39, 0.29) is 17.3 Å². The lowest BCUT2D eigenvalue weighted by Gasteiger charge is -2.15. The number of ether oxygens (including phenoxy) is 1. The van der Waals surface area contributed by atoms with Crippen molar-refractivity contribution in [2.45, 2.75) is 20.8 Å². The minimum Gasteiger partial charge on any atom is -0.507 e. The van der Waals surface area contributed by atoms with Crippen molar-refractivity contribution in [3.8, 4) is 11.4 Å². The molecule has 1 amide bonds. The molecule has 0 aliphatic rings. The molecule has 34 heavy (non-hydrogen) atoms. The Balaban J connectivity index is 1.59. The average Bonchev–Trinajstić information content (AvgIpc) is 3.11. The van der Waals surface area contributed by atoms with Gasteiger partial charge in [-0.3, -0.25) is 4.79 Å². The highest BCUT2D eigenvalue weighted by molar-refractivity contribution is 6.01. The van der Waals surface area contributed by atoms with Crippen LogP contribution in [0.4, 0.5) is 0 Å². The van der Waals surface area contributed by atoms with Crippen LogP contribution >= 0.6 is 0 Å². The van der Waals surface area contributed by atoms with Crippen LogP contribution in [0.3, 0.4) is 0 Å². The molecule has 1 aromatic heterocycles. The first kappa shape index (κ1) is 22.8. The number of carbonyl (C=O) groups excluding carboxylic acids is 2. The molecule has 1 heterocycles. The number of phenols is 1. The molecular weight excluding hydrogens is 430 g/mol. The number of methoxy groups -OCH3 is 1. The molecule has 0 spiro atoms. The van der Waals surface area contributed by atoms with Crippen molar-refractivity contribution >= 4 is 28.9 Å². The van der Waals surface area contributed by atoms with Gasteiger partial charge in [0.05, 0.1) is 24.5 Å². The standard InChI is InChI=1S/C27H25N3O4/c1-16-12-21(18(3)30(16)24-11-7-10-22(17(24)2)27(33)34-4)15-28-29-26(32)23-13-19-8-5-6-9-20(19)14-25(23)31/h5-15,31H,1-4H3,(H,29,32). The van der Waals surface area contributed by atoms with Crippen molar-refractivity contribution in [3.05, 3.63) is 94.3 Å². The molecule has 0 aliphatic carbocycles. The van der Waals surface area contributed by atoms with Gasteiger partial charge in [-0.2, -0.15) is 5.10 Å². The van der Waals surface area contributed by atoms with E-state index in [0.717, 1.165) is 39.0 Å². The van der Waals surface area contributed by atoms with E-state index in [1.54, 1.807) is 24.4 Å². The summed E-state index contributed by atoms with van der Waals surface area (Å²) in [4.78, 5) is 24.7. The highest BCUT2D eigenvalue weighted by Crippen LogP contribution is 2.26. The largest absolute Gasteiger partial charge is 0.507 e. The van der Waals surface area contributed by atoms with Gasteiger partial charge in [0.2, 0.25) is 0 Å². The molecule has 0 saturated carbocycles. The molecule has 7 nitrogen and oxygen atoms in total. The van der Waals surface area contributed by atoms with Crippen LogP contribution in [-0.4, -0.2) is 34.9 Å². The van der Waals surface area contributed by atoms with Crippen molar-refractivity contribution in [2.75, 3.05) is 7.11 Å². The fraction of sp³-hybridized carbons (Fsp3) is 0.148. The minimum absolute atomic E-state index is 0.106. The fourth-order valence-electron chi connectivity index (χ4n) is 4.12. The maximum Gasteiger partial charge on any atom is 0.338 e. The van der Waals surface area contributed by atoms with Crippen molar-refractivity contribution in [3.63, 3.8) is 0 Å². The lowest BCUT2D eigenvalue weighted by atomic mass is 10.1. The van der Waals surface area contributed by atoms with Crippen molar-refractivity contribution in [1.29, 1.82) is 0 Å². The Morgan fingerprint density at radius 2 is 1.68 bits per heavy atom. The molecule has 0 bridgehead atoms. The summed E-state index contributed by atoms with van der Waals surface area (Å²) in [6, 6.07) is 18.1. The highest BCUT2D eigenvalue weighted by Gasteiger charge is 2.17. The zero-order valence-electron chi connectivity index (χ0n) is 19.4. The normalized spacial score (nSPS) is 11.2. The third-order valence-electron chi connectivity index (χ3n) is 5.90. The Morgan fingerprint density at radius 3 is 2.38 bits per heavy atom. The fourth-order valence-corrected chi connectivity index (χ4v) is 4.12. The number of hydrogen-bond acceptors (Lipinski definition) is 5. The SMILES string of the molecule is COC(=O)c1cccc(-n2c(C)cc(C=NNC(=O)c3cc4ccccc4cc3O)c2C)c1C. The van der Waals surface area contributed by atoms with Gasteiger partial charge in [0.15, 0.2) is 0 Å². The van der Waals surface area contributed by atoms with Crippen LogP contribution in [0, 0.1) is 20.8 Å². The van der Waals surface area contributed by atoms with Crippen LogP contribution in [-0.2, 0) is 4.74 Å². The summed E-state index contributed by atoms with van der Waals surface area (Å²) in [5.41, 5.74) is 7.47. The molecule has 4 rings (SSSR count). The number of phenolic OH excluding ortho intramolecular Hbond substituents is 1. The van der Waals surface area contributed by atoms with Gasteiger partial charge in [0.25, 0.3) is 5.91 Å². The third-order valence-corrected chi connectivity index (χ3v) is 5.90. The molecule has 0 unspecified atom stereocenters. The van der Waals surface area contributed by atoms with Gasteiger partial charge in [0, 0.05) is 22.6 Å². The number of amides is 1. The number of aromatic nitrogens is 1. The quantitative estimate of drug-likeness (QED) is 0.257.